The monoisotopic (exact) mass is 578 g/mol. The number of ether oxygens (including phenoxy) is 2. The Kier molecular flexibility index (Phi) is 9.44. The molecule has 39 heavy (non-hydrogen) atoms. The maximum absolute atomic E-state index is 15.7. The fourth-order valence-electron chi connectivity index (χ4n) is 3.79. The van der Waals surface area contributed by atoms with E-state index in [2.05, 4.69) is 10.1 Å². The molecule has 1 aliphatic heterocycles. The van der Waals surface area contributed by atoms with Crippen LogP contribution in [0.25, 0.3) is 0 Å². The lowest BCUT2D eigenvalue weighted by Gasteiger charge is -2.29. The SMILES string of the molecule is CC(C)OC(=O)[C@H](C)NP(=O)(Oc1ccccc1)O[C@H](C)[C@H]1O[C@@H](n2cc(F)c(N)nc2=O)[C@@](F)(CF)C1O. The third kappa shape index (κ3) is 6.79. The van der Waals surface area contributed by atoms with E-state index in [0.29, 0.717) is 10.8 Å². The van der Waals surface area contributed by atoms with Crippen LogP contribution in [0.3, 0.4) is 0 Å². The van der Waals surface area contributed by atoms with Crippen LogP contribution in [0, 0.1) is 5.82 Å². The second-order valence-electron chi connectivity index (χ2n) is 9.17. The number of aliphatic hydroxyl groups is 1. The zero-order chi connectivity index (χ0) is 29.1. The van der Waals surface area contributed by atoms with Gasteiger partial charge in [0.15, 0.2) is 17.9 Å². The molecule has 216 valence electrons. The number of aromatic nitrogens is 2. The van der Waals surface area contributed by atoms with E-state index >= 15 is 4.39 Å². The number of aliphatic hydroxyl groups excluding tert-OH is 1. The number of esters is 1. The third-order valence-corrected chi connectivity index (χ3v) is 7.45. The van der Waals surface area contributed by atoms with E-state index in [1.54, 1.807) is 32.0 Å². The molecule has 12 nitrogen and oxygen atoms in total. The quantitative estimate of drug-likeness (QED) is 0.265. The van der Waals surface area contributed by atoms with Crippen molar-refractivity contribution >= 4 is 19.5 Å². The summed E-state index contributed by atoms with van der Waals surface area (Å²) in [6.07, 6.45) is -7.76. The first-order valence-corrected chi connectivity index (χ1v) is 13.4. The number of carbonyl (C=O) groups excluding carboxylic acids is 1. The molecule has 1 aromatic heterocycles. The molecule has 0 radical (unpaired) electrons. The Bertz CT molecular complexity index is 1270. The van der Waals surface area contributed by atoms with Crippen LogP contribution < -0.4 is 21.0 Å². The third-order valence-electron chi connectivity index (χ3n) is 5.68. The van der Waals surface area contributed by atoms with Crippen LogP contribution in [0.1, 0.15) is 33.9 Å². The van der Waals surface area contributed by atoms with Gasteiger partial charge >= 0.3 is 19.4 Å². The van der Waals surface area contributed by atoms with Crippen molar-refractivity contribution in [3.05, 3.63) is 52.8 Å². The molecule has 7 atom stereocenters. The van der Waals surface area contributed by atoms with E-state index in [4.69, 9.17) is 24.3 Å². The highest BCUT2D eigenvalue weighted by molar-refractivity contribution is 7.52. The van der Waals surface area contributed by atoms with Gasteiger partial charge in [0, 0.05) is 0 Å². The van der Waals surface area contributed by atoms with Crippen molar-refractivity contribution < 1.29 is 46.2 Å². The Labute approximate surface area is 221 Å². The molecule has 3 rings (SSSR count). The van der Waals surface area contributed by atoms with Crippen molar-refractivity contribution in [1.82, 2.24) is 14.6 Å². The van der Waals surface area contributed by atoms with Crippen molar-refractivity contribution in [2.45, 2.75) is 70.0 Å². The molecule has 1 aromatic carbocycles. The van der Waals surface area contributed by atoms with Crippen molar-refractivity contribution in [2.75, 3.05) is 12.4 Å². The summed E-state index contributed by atoms with van der Waals surface area (Å²) < 4.78 is 79.4. The van der Waals surface area contributed by atoms with Gasteiger partial charge in [-0.1, -0.05) is 18.2 Å². The molecular formula is C23H30F3N4O8P. The number of rotatable bonds is 11. The van der Waals surface area contributed by atoms with Crippen LogP contribution in [0.2, 0.25) is 0 Å². The molecule has 2 heterocycles. The maximum atomic E-state index is 15.7. The number of hydrogen-bond acceptors (Lipinski definition) is 10. The Balaban J connectivity index is 1.91. The lowest BCUT2D eigenvalue weighted by molar-refractivity contribution is -0.149. The van der Waals surface area contributed by atoms with Crippen LogP contribution in [0.15, 0.2) is 41.3 Å². The molecule has 1 fully saturated rings. The first kappa shape index (κ1) is 30.6. The van der Waals surface area contributed by atoms with Crippen LogP contribution in [-0.4, -0.2) is 63.4 Å². The standard InChI is InChI=1S/C23H30F3N4O8P/c1-12(2)35-20(32)13(3)29-39(34,38-15-8-6-5-7-9-15)37-14(4)17-18(31)23(26,11-24)21(36-17)30-10-16(25)19(27)28-22(30)33/h5-10,12-14,17-18,21,31H,11H2,1-4H3,(H,29,34)(H2,27,28,33)/t13-,14+,17+,18?,21+,23+,39?/m0/s1. The second-order valence-corrected chi connectivity index (χ2v) is 10.8. The molecule has 0 saturated carbocycles. The van der Waals surface area contributed by atoms with Gasteiger partial charge in [0.25, 0.3) is 0 Å². The van der Waals surface area contributed by atoms with Crippen molar-refractivity contribution in [3.63, 3.8) is 0 Å². The van der Waals surface area contributed by atoms with Gasteiger partial charge in [0.1, 0.15) is 30.7 Å². The molecule has 0 amide bonds. The summed E-state index contributed by atoms with van der Waals surface area (Å²) in [5.41, 5.74) is 0.717. The molecule has 4 N–H and O–H groups in total. The summed E-state index contributed by atoms with van der Waals surface area (Å²) in [5, 5.41) is 13.1. The summed E-state index contributed by atoms with van der Waals surface area (Å²) in [4.78, 5) is 27.8. The van der Waals surface area contributed by atoms with E-state index < -0.39 is 80.1 Å². The van der Waals surface area contributed by atoms with Crippen molar-refractivity contribution in [3.8, 4) is 5.75 Å². The highest BCUT2D eigenvalue weighted by Crippen LogP contribution is 2.50. The average molecular weight is 578 g/mol. The fraction of sp³-hybridized carbons (Fsp3) is 0.522. The first-order valence-electron chi connectivity index (χ1n) is 11.8. The minimum absolute atomic E-state index is 0.0642. The normalized spacial score (nSPS) is 26.1. The molecule has 1 saturated heterocycles. The number of carbonyl (C=O) groups is 1. The Morgan fingerprint density at radius 2 is 1.95 bits per heavy atom. The lowest BCUT2D eigenvalue weighted by atomic mass is 9.95. The summed E-state index contributed by atoms with van der Waals surface area (Å²) in [7, 11) is -4.51. The van der Waals surface area contributed by atoms with Crippen molar-refractivity contribution in [2.24, 2.45) is 0 Å². The van der Waals surface area contributed by atoms with Gasteiger partial charge in [0.05, 0.1) is 18.4 Å². The molecule has 2 aromatic rings. The zero-order valence-electron chi connectivity index (χ0n) is 21.5. The largest absolute Gasteiger partial charge is 0.462 e. The van der Waals surface area contributed by atoms with E-state index in [9.17, 15) is 28.0 Å². The number of nitrogen functional groups attached to an aromatic ring is 1. The van der Waals surface area contributed by atoms with Gasteiger partial charge < -0.3 is 24.8 Å². The number of alkyl halides is 2. The molecule has 16 heteroatoms. The highest BCUT2D eigenvalue weighted by atomic mass is 31.2. The van der Waals surface area contributed by atoms with Crippen LogP contribution >= 0.6 is 7.75 Å². The number of nitrogens with two attached hydrogens (primary N) is 1. The molecule has 2 unspecified atom stereocenters. The summed E-state index contributed by atoms with van der Waals surface area (Å²) in [6.45, 7) is 3.91. The molecule has 0 aliphatic carbocycles. The summed E-state index contributed by atoms with van der Waals surface area (Å²) in [5.74, 6) is -2.71. The maximum Gasteiger partial charge on any atom is 0.459 e. The fourth-order valence-corrected chi connectivity index (χ4v) is 5.49. The molecule has 0 bridgehead atoms. The predicted octanol–water partition coefficient (Wildman–Crippen LogP) is 2.42. The lowest BCUT2D eigenvalue weighted by Crippen LogP contribution is -2.48. The van der Waals surface area contributed by atoms with Crippen LogP contribution in [0.4, 0.5) is 19.0 Å². The topological polar surface area (TPSA) is 164 Å². The van der Waals surface area contributed by atoms with Crippen molar-refractivity contribution in [1.29, 1.82) is 0 Å². The Morgan fingerprint density at radius 3 is 2.54 bits per heavy atom. The first-order chi connectivity index (χ1) is 18.2. The van der Waals surface area contributed by atoms with Gasteiger partial charge in [-0.05, 0) is 39.8 Å². The average Bonchev–Trinajstić information content (AvgIpc) is 3.12. The summed E-state index contributed by atoms with van der Waals surface area (Å²) in [6, 6.07) is 6.48. The van der Waals surface area contributed by atoms with E-state index in [1.165, 1.54) is 26.0 Å². The molecule has 0 spiro atoms. The number of nitrogens with zero attached hydrogens (tertiary/aromatic N) is 2. The number of hydrogen-bond donors (Lipinski definition) is 3. The van der Waals surface area contributed by atoms with Gasteiger partial charge in [0.2, 0.25) is 5.67 Å². The number of benzene rings is 1. The van der Waals surface area contributed by atoms with E-state index in [1.807, 2.05) is 0 Å². The van der Waals surface area contributed by atoms with Crippen LogP contribution in [0.5, 0.6) is 5.75 Å². The van der Waals surface area contributed by atoms with Crippen LogP contribution in [-0.2, 0) is 23.4 Å². The van der Waals surface area contributed by atoms with Gasteiger partial charge in [-0.25, -0.2) is 22.5 Å². The number of nitrogens with one attached hydrogen (secondary N) is 1. The van der Waals surface area contributed by atoms with E-state index in [0.717, 1.165) is 0 Å². The number of para-hydroxylation sites is 1. The van der Waals surface area contributed by atoms with Gasteiger partial charge in [-0.3, -0.25) is 13.9 Å². The summed E-state index contributed by atoms with van der Waals surface area (Å²) >= 11 is 0. The van der Waals surface area contributed by atoms with Gasteiger partial charge in [-0.15, -0.1) is 0 Å². The number of anilines is 1. The number of halogens is 3. The molecular weight excluding hydrogens is 548 g/mol. The smallest absolute Gasteiger partial charge is 0.459 e. The second kappa shape index (κ2) is 12.0. The predicted molar refractivity (Wildman–Crippen MR) is 132 cm³/mol. The minimum Gasteiger partial charge on any atom is -0.462 e. The Hall–Kier alpha value is -2.97. The zero-order valence-corrected chi connectivity index (χ0v) is 22.4. The Morgan fingerprint density at radius 1 is 1.31 bits per heavy atom. The van der Waals surface area contributed by atoms with E-state index in [-0.39, 0.29) is 5.75 Å². The highest BCUT2D eigenvalue weighted by Gasteiger charge is 2.61. The molecule has 1 aliphatic rings. The van der Waals surface area contributed by atoms with Gasteiger partial charge in [-0.2, -0.15) is 10.1 Å². The minimum atomic E-state index is -4.51.